The minimum absolute atomic E-state index is 0.274. The molecule has 0 fully saturated rings. The summed E-state index contributed by atoms with van der Waals surface area (Å²) in [6.45, 7) is 3.73. The summed E-state index contributed by atoms with van der Waals surface area (Å²) >= 11 is 2.85. The number of aromatic nitrogens is 2. The summed E-state index contributed by atoms with van der Waals surface area (Å²) in [5, 5.41) is 0. The molecule has 0 spiro atoms. The normalized spacial score (nSPS) is 11.6. The predicted molar refractivity (Wildman–Crippen MR) is 124 cm³/mol. The number of ether oxygens (including phenoxy) is 2. The third-order valence-electron chi connectivity index (χ3n) is 5.51. The Balaban J connectivity index is 1.76. The van der Waals surface area contributed by atoms with E-state index in [0.717, 1.165) is 19.2 Å². The number of rotatable bonds is 4. The molecule has 32 heavy (non-hydrogen) atoms. The topological polar surface area (TPSA) is 118 Å². The molecule has 4 aromatic heterocycles. The largest absolute Gasteiger partial charge is 0.464 e. The van der Waals surface area contributed by atoms with Gasteiger partial charge in [-0.25, -0.2) is 9.59 Å². The van der Waals surface area contributed by atoms with E-state index in [1.165, 1.54) is 36.9 Å². The van der Waals surface area contributed by atoms with Gasteiger partial charge < -0.3 is 19.4 Å². The molecule has 2 N–H and O–H groups in total. The Bertz CT molecular complexity index is 1530. The van der Waals surface area contributed by atoms with Crippen LogP contribution in [0.5, 0.6) is 0 Å². The monoisotopic (exact) mass is 468 g/mol. The lowest BCUT2D eigenvalue weighted by atomic mass is 9.89. The molecule has 0 atom stereocenters. The van der Waals surface area contributed by atoms with E-state index in [9.17, 15) is 19.2 Å². The van der Waals surface area contributed by atoms with E-state index in [4.69, 9.17) is 9.47 Å². The fraction of sp³-hybridized carbons (Fsp3) is 0.182. The molecule has 162 valence electrons. The molecular weight excluding hydrogens is 452 g/mol. The molecule has 0 bridgehead atoms. The number of methoxy groups -OCH3 is 2. The van der Waals surface area contributed by atoms with Crippen LogP contribution in [-0.4, -0.2) is 36.1 Å². The van der Waals surface area contributed by atoms with Crippen molar-refractivity contribution in [3.05, 3.63) is 53.7 Å². The fourth-order valence-electron chi connectivity index (χ4n) is 4.10. The summed E-state index contributed by atoms with van der Waals surface area (Å²) in [5.74, 6) is -1.03. The van der Waals surface area contributed by atoms with Crippen LogP contribution in [0.25, 0.3) is 42.7 Å². The molecule has 5 aromatic rings. The van der Waals surface area contributed by atoms with Crippen LogP contribution in [0.1, 0.15) is 30.7 Å². The molecule has 0 aliphatic carbocycles. The number of carbonyl (C=O) groups excluding carboxylic acids is 2. The first kappa shape index (κ1) is 20.4. The van der Waals surface area contributed by atoms with E-state index in [1.54, 1.807) is 12.1 Å². The Labute approximate surface area is 188 Å². The Morgan fingerprint density at radius 1 is 0.719 bits per heavy atom. The van der Waals surface area contributed by atoms with Gasteiger partial charge in [-0.05, 0) is 26.0 Å². The van der Waals surface area contributed by atoms with Gasteiger partial charge in [-0.2, -0.15) is 0 Å². The minimum Gasteiger partial charge on any atom is -0.464 e. The first-order valence-corrected chi connectivity index (χ1v) is 11.1. The smallest absolute Gasteiger partial charge is 0.354 e. The lowest BCUT2D eigenvalue weighted by Crippen LogP contribution is -2.35. The van der Waals surface area contributed by atoms with E-state index in [1.807, 2.05) is 13.8 Å². The van der Waals surface area contributed by atoms with Gasteiger partial charge in [0.1, 0.15) is 11.4 Å². The summed E-state index contributed by atoms with van der Waals surface area (Å²) in [5.41, 5.74) is 2.48. The maximum atomic E-state index is 12.8. The van der Waals surface area contributed by atoms with Gasteiger partial charge in [0.05, 0.1) is 34.7 Å². The number of esters is 2. The Morgan fingerprint density at radius 3 is 1.44 bits per heavy atom. The van der Waals surface area contributed by atoms with Crippen molar-refractivity contribution in [2.45, 2.75) is 13.8 Å². The fourth-order valence-corrected chi connectivity index (χ4v) is 6.23. The summed E-state index contributed by atoms with van der Waals surface area (Å²) in [6.07, 6.45) is 0. The standard InChI is InChI=1S/C22H16N2O6S2/c1-7-13(17-11(31-7)5-9(23-17)21(27)29-3)15-16(20(26)19(15)25)14-8(2)32-12-6-10(22(28)30-4)24-18(12)14/h5-6,23-24H,1-4H3. The molecule has 0 unspecified atom stereocenters. The molecule has 0 radical (unpaired) electrons. The summed E-state index contributed by atoms with van der Waals surface area (Å²) < 4.78 is 11.1. The molecular formula is C22H16N2O6S2. The number of nitrogens with one attached hydrogen (secondary N) is 2. The molecule has 10 heteroatoms. The predicted octanol–water partition coefficient (Wildman–Crippen LogP) is 3.89. The van der Waals surface area contributed by atoms with E-state index in [-0.39, 0.29) is 11.4 Å². The third kappa shape index (κ3) is 2.66. The second kappa shape index (κ2) is 7.01. The van der Waals surface area contributed by atoms with E-state index in [0.29, 0.717) is 33.3 Å². The van der Waals surface area contributed by atoms with Gasteiger partial charge in [-0.15, -0.1) is 22.7 Å². The highest BCUT2D eigenvalue weighted by Crippen LogP contribution is 2.45. The molecule has 0 amide bonds. The quantitative estimate of drug-likeness (QED) is 0.305. The number of hydrogen-bond acceptors (Lipinski definition) is 8. The van der Waals surface area contributed by atoms with Crippen LogP contribution in [0.3, 0.4) is 0 Å². The van der Waals surface area contributed by atoms with Crippen molar-refractivity contribution in [2.24, 2.45) is 0 Å². The van der Waals surface area contributed by atoms with E-state index >= 15 is 0 Å². The molecule has 5 rings (SSSR count). The van der Waals surface area contributed by atoms with Crippen molar-refractivity contribution in [1.82, 2.24) is 9.97 Å². The first-order valence-electron chi connectivity index (χ1n) is 9.51. The van der Waals surface area contributed by atoms with Gasteiger partial charge in [-0.1, -0.05) is 0 Å². The molecule has 0 saturated carbocycles. The van der Waals surface area contributed by atoms with Gasteiger partial charge in [-0.3, -0.25) is 9.59 Å². The number of aromatic amines is 2. The summed E-state index contributed by atoms with van der Waals surface area (Å²) in [6, 6.07) is 3.35. The average Bonchev–Trinajstić information content (AvgIpc) is 3.50. The number of carbonyl (C=O) groups is 2. The highest BCUT2D eigenvalue weighted by atomic mass is 32.1. The van der Waals surface area contributed by atoms with E-state index < -0.39 is 22.8 Å². The number of thiophene rings is 2. The van der Waals surface area contributed by atoms with Crippen molar-refractivity contribution >= 4 is 55.0 Å². The van der Waals surface area contributed by atoms with Gasteiger partial charge in [0.15, 0.2) is 0 Å². The van der Waals surface area contributed by atoms with Gasteiger partial charge in [0.2, 0.25) is 10.9 Å². The SMILES string of the molecule is COC(=O)c1cc2sc(C)c(-c3c(-c4c(C)sc5cc(C(=O)OC)[nH]c45)c(=O)c3=O)c2[nH]1. The molecule has 0 aliphatic heterocycles. The lowest BCUT2D eigenvalue weighted by Gasteiger charge is -2.12. The van der Waals surface area contributed by atoms with Crippen LogP contribution in [0.4, 0.5) is 0 Å². The van der Waals surface area contributed by atoms with Crippen LogP contribution in [-0.2, 0) is 9.47 Å². The summed E-state index contributed by atoms with van der Waals surface area (Å²) in [7, 11) is 2.59. The zero-order chi connectivity index (χ0) is 22.9. The molecule has 8 nitrogen and oxygen atoms in total. The number of hydrogen-bond donors (Lipinski definition) is 2. The third-order valence-corrected chi connectivity index (χ3v) is 7.62. The Morgan fingerprint density at radius 2 is 1.09 bits per heavy atom. The Hall–Kier alpha value is -3.50. The molecule has 4 heterocycles. The van der Waals surface area contributed by atoms with Crippen molar-refractivity contribution in [2.75, 3.05) is 14.2 Å². The Kier molecular flexibility index (Phi) is 4.47. The zero-order valence-electron chi connectivity index (χ0n) is 17.4. The lowest BCUT2D eigenvalue weighted by molar-refractivity contribution is 0.0586. The van der Waals surface area contributed by atoms with E-state index in [2.05, 4.69) is 9.97 Å². The average molecular weight is 469 g/mol. The summed E-state index contributed by atoms with van der Waals surface area (Å²) in [4.78, 5) is 57.2. The highest BCUT2D eigenvalue weighted by molar-refractivity contribution is 7.20. The van der Waals surface area contributed by atoms with Crippen molar-refractivity contribution < 1.29 is 19.1 Å². The second-order valence-electron chi connectivity index (χ2n) is 7.30. The van der Waals surface area contributed by atoms with Crippen molar-refractivity contribution in [3.8, 4) is 22.3 Å². The van der Waals surface area contributed by atoms with Crippen molar-refractivity contribution in [1.29, 1.82) is 0 Å². The highest BCUT2D eigenvalue weighted by Gasteiger charge is 2.31. The maximum absolute atomic E-state index is 12.8. The molecule has 1 aromatic carbocycles. The zero-order valence-corrected chi connectivity index (χ0v) is 19.1. The minimum atomic E-state index is -0.574. The van der Waals surface area contributed by atoms with Gasteiger partial charge in [0, 0.05) is 32.0 Å². The van der Waals surface area contributed by atoms with Gasteiger partial charge in [0.25, 0.3) is 0 Å². The van der Waals surface area contributed by atoms with Crippen LogP contribution >= 0.6 is 22.7 Å². The number of H-pyrrole nitrogens is 2. The number of fused-ring (bicyclic) bond motifs is 2. The van der Waals surface area contributed by atoms with Gasteiger partial charge >= 0.3 is 11.9 Å². The van der Waals surface area contributed by atoms with Crippen molar-refractivity contribution in [3.63, 3.8) is 0 Å². The van der Waals surface area contributed by atoms with Crippen LogP contribution in [0.15, 0.2) is 21.7 Å². The molecule has 0 aliphatic rings. The van der Waals surface area contributed by atoms with Crippen LogP contribution in [0, 0.1) is 13.8 Å². The maximum Gasteiger partial charge on any atom is 0.354 e. The number of aryl methyl sites for hydroxylation is 2. The van der Waals surface area contributed by atoms with Crippen LogP contribution in [0.2, 0.25) is 0 Å². The second-order valence-corrected chi connectivity index (χ2v) is 9.82. The molecule has 0 saturated heterocycles. The first-order chi connectivity index (χ1) is 15.3. The van der Waals surface area contributed by atoms with Crippen LogP contribution < -0.4 is 10.9 Å².